The van der Waals surface area contributed by atoms with E-state index in [-0.39, 0.29) is 48.5 Å². The van der Waals surface area contributed by atoms with Crippen LogP contribution in [0.2, 0.25) is 0 Å². The quantitative estimate of drug-likeness (QED) is 0.0828. The number of nitrogens with one attached hydrogen (secondary N) is 4. The van der Waals surface area contributed by atoms with E-state index in [9.17, 15) is 19.2 Å². The van der Waals surface area contributed by atoms with Crippen LogP contribution in [0.1, 0.15) is 71.9 Å². The van der Waals surface area contributed by atoms with Crippen molar-refractivity contribution in [2.45, 2.75) is 83.9 Å². The van der Waals surface area contributed by atoms with Gasteiger partial charge in [-0.15, -0.1) is 0 Å². The zero-order chi connectivity index (χ0) is 40.3. The van der Waals surface area contributed by atoms with Crippen molar-refractivity contribution in [3.8, 4) is 5.75 Å². The van der Waals surface area contributed by atoms with Gasteiger partial charge in [-0.1, -0.05) is 20.8 Å². The Morgan fingerprint density at radius 3 is 2.25 bits per heavy atom. The minimum absolute atomic E-state index is 0.0335. The number of ether oxygens (including phenoxy) is 4. The molecular formula is C40H60N8O8. The molecule has 308 valence electrons. The Kier molecular flexibility index (Phi) is 14.9. The number of aromatic nitrogens is 2. The van der Waals surface area contributed by atoms with Gasteiger partial charge in [0.1, 0.15) is 35.2 Å². The molecule has 1 saturated carbocycles. The molecule has 2 aromatic rings. The van der Waals surface area contributed by atoms with Gasteiger partial charge in [0.15, 0.2) is 0 Å². The third-order valence-corrected chi connectivity index (χ3v) is 10.5. The first-order chi connectivity index (χ1) is 26.8. The zero-order valence-electron chi connectivity index (χ0n) is 33.6. The number of aromatic amines is 1. The van der Waals surface area contributed by atoms with Crippen molar-refractivity contribution in [3.05, 3.63) is 35.8 Å². The molecule has 1 aromatic heterocycles. The fourth-order valence-corrected chi connectivity index (χ4v) is 6.83. The third kappa shape index (κ3) is 11.7. The molecule has 1 aromatic carbocycles. The van der Waals surface area contributed by atoms with Crippen molar-refractivity contribution in [3.63, 3.8) is 0 Å². The van der Waals surface area contributed by atoms with Crippen molar-refractivity contribution in [2.75, 3.05) is 79.4 Å². The maximum absolute atomic E-state index is 13.2. The molecule has 56 heavy (non-hydrogen) atoms. The van der Waals surface area contributed by atoms with Gasteiger partial charge in [-0.05, 0) is 56.2 Å². The number of nitrogens with zero attached hydrogens (tertiary/aromatic N) is 4. The highest BCUT2D eigenvalue weighted by Crippen LogP contribution is 2.40. The molecule has 0 radical (unpaired) electrons. The molecule has 16 nitrogen and oxygen atoms in total. The summed E-state index contributed by atoms with van der Waals surface area (Å²) in [6.45, 7) is 12.5. The normalized spacial score (nSPS) is 18.8. The van der Waals surface area contributed by atoms with Crippen LogP contribution >= 0.6 is 0 Å². The van der Waals surface area contributed by atoms with Crippen LogP contribution in [-0.2, 0) is 33.4 Å². The highest BCUT2D eigenvalue weighted by Gasteiger charge is 2.41. The molecule has 0 bridgehead atoms. The van der Waals surface area contributed by atoms with Crippen LogP contribution in [0.5, 0.6) is 5.75 Å². The summed E-state index contributed by atoms with van der Waals surface area (Å²) in [6, 6.07) is 4.64. The average Bonchev–Trinajstić information content (AvgIpc) is 3.52. The maximum atomic E-state index is 13.2. The molecule has 4 N–H and O–H groups in total. The summed E-state index contributed by atoms with van der Waals surface area (Å²) < 4.78 is 22.9. The first-order valence-corrected chi connectivity index (χ1v) is 19.8. The van der Waals surface area contributed by atoms with Gasteiger partial charge in [-0.25, -0.2) is 0 Å². The second kappa shape index (κ2) is 19.6. The number of carbonyl (C=O) groups is 4. The molecule has 3 fully saturated rings. The fraction of sp³-hybridized carbons (Fsp3) is 0.650. The molecule has 0 spiro atoms. The highest BCUT2D eigenvalue weighted by atomic mass is 16.5. The fourth-order valence-electron chi connectivity index (χ4n) is 6.83. The molecular weight excluding hydrogens is 720 g/mol. The predicted octanol–water partition coefficient (Wildman–Crippen LogP) is 2.62. The van der Waals surface area contributed by atoms with E-state index in [1.165, 1.54) is 0 Å². The average molecular weight is 781 g/mol. The van der Waals surface area contributed by atoms with Gasteiger partial charge in [0.25, 0.3) is 0 Å². The number of piperazine rings is 1. The minimum Gasteiger partial charge on any atom is -0.488 e. The van der Waals surface area contributed by atoms with Gasteiger partial charge in [0, 0.05) is 57.7 Å². The van der Waals surface area contributed by atoms with E-state index in [0.717, 1.165) is 48.0 Å². The summed E-state index contributed by atoms with van der Waals surface area (Å²) in [5.74, 6) is 1.09. The molecule has 2 saturated heterocycles. The van der Waals surface area contributed by atoms with Crippen LogP contribution in [0, 0.1) is 10.8 Å². The highest BCUT2D eigenvalue weighted by molar-refractivity contribution is 6.13. The summed E-state index contributed by atoms with van der Waals surface area (Å²) in [4.78, 5) is 55.6. The number of rotatable bonds is 21. The number of likely N-dealkylation sites (tertiary alicyclic amines) is 1. The van der Waals surface area contributed by atoms with Crippen LogP contribution in [-0.4, -0.2) is 152 Å². The molecule has 5 rings (SSSR count). The Morgan fingerprint density at radius 2 is 1.62 bits per heavy atom. The Labute approximate surface area is 329 Å². The summed E-state index contributed by atoms with van der Waals surface area (Å²) in [7, 11) is 1.83. The Hall–Kier alpha value is -4.54. The van der Waals surface area contributed by atoms with Gasteiger partial charge in [-0.2, -0.15) is 5.10 Å². The summed E-state index contributed by atoms with van der Waals surface area (Å²) in [6.07, 6.45) is 6.47. The van der Waals surface area contributed by atoms with Gasteiger partial charge in [-0.3, -0.25) is 24.9 Å². The smallest absolute Gasteiger partial charge is 0.246 e. The first-order valence-electron chi connectivity index (χ1n) is 19.8. The van der Waals surface area contributed by atoms with Gasteiger partial charge >= 0.3 is 0 Å². The molecule has 3 amide bonds. The molecule has 3 aliphatic rings. The van der Waals surface area contributed by atoms with Crippen LogP contribution in [0.3, 0.4) is 0 Å². The lowest BCUT2D eigenvalue weighted by molar-refractivity contribution is -0.141. The standard InChI is InChI=1S/C40H60N8O8/c1-39(2,3)37(38(52)48-14-6-7-28(48)27-49)43-34(50)10-19-53-21-23-55-24-22-54-20-11-35(51)47-17-15-46(16-18-47)33(42-5)26-31(41)36-30-25-29(56-40(4)12-13-40)8-9-32(30)44-45-36/h8-9,25-28,37,41-42H,6-7,10-24H2,1-5H3,(H,43,50)(H,44,45)/b33-26+,41-31?. The lowest BCUT2D eigenvalue weighted by Gasteiger charge is -2.37. The number of aldehydes is 1. The second-order valence-electron chi connectivity index (χ2n) is 16.0. The van der Waals surface area contributed by atoms with Crippen molar-refractivity contribution < 1.29 is 38.1 Å². The van der Waals surface area contributed by atoms with Crippen molar-refractivity contribution >= 4 is 40.6 Å². The minimum atomic E-state index is -0.734. The summed E-state index contributed by atoms with van der Waals surface area (Å²) in [5.41, 5.74) is 1.06. The first kappa shape index (κ1) is 42.6. The van der Waals surface area contributed by atoms with E-state index >= 15 is 0 Å². The second-order valence-corrected chi connectivity index (χ2v) is 16.0. The topological polar surface area (TPSA) is 192 Å². The van der Waals surface area contributed by atoms with Gasteiger partial charge in [0.05, 0.1) is 63.3 Å². The van der Waals surface area contributed by atoms with Crippen LogP contribution < -0.4 is 15.4 Å². The third-order valence-electron chi connectivity index (χ3n) is 10.5. The van der Waals surface area contributed by atoms with Crippen molar-refractivity contribution in [1.29, 1.82) is 5.41 Å². The summed E-state index contributed by atoms with van der Waals surface area (Å²) in [5, 5.41) is 23.2. The number of benzene rings is 1. The van der Waals surface area contributed by atoms with E-state index in [2.05, 4.69) is 32.7 Å². The predicted molar refractivity (Wildman–Crippen MR) is 210 cm³/mol. The number of carbonyl (C=O) groups excluding carboxylic acids is 4. The van der Waals surface area contributed by atoms with Crippen molar-refractivity contribution in [1.82, 2.24) is 35.5 Å². The molecule has 1 aliphatic carbocycles. The Morgan fingerprint density at radius 1 is 0.982 bits per heavy atom. The van der Waals surface area contributed by atoms with E-state index in [1.807, 2.05) is 50.9 Å². The number of amides is 3. The number of fused-ring (bicyclic) bond motifs is 1. The number of allylic oxidation sites excluding steroid dienone is 1. The van der Waals surface area contributed by atoms with E-state index in [4.69, 9.17) is 24.4 Å². The Balaban J connectivity index is 0.913. The lowest BCUT2D eigenvalue weighted by atomic mass is 9.85. The zero-order valence-corrected chi connectivity index (χ0v) is 33.6. The monoisotopic (exact) mass is 780 g/mol. The van der Waals surface area contributed by atoms with Crippen LogP contribution in [0.25, 0.3) is 10.9 Å². The van der Waals surface area contributed by atoms with E-state index < -0.39 is 17.5 Å². The largest absolute Gasteiger partial charge is 0.488 e. The van der Waals surface area contributed by atoms with Crippen molar-refractivity contribution in [2.24, 2.45) is 5.41 Å². The Bertz CT molecular complexity index is 1710. The number of hydrogen-bond donors (Lipinski definition) is 4. The SMILES string of the molecule is CN/C(=C\C(=N)c1n[nH]c2ccc(OC3(C)CC3)cc12)N1CCN(C(=O)CCOCCOCCOCCC(=O)NC(C(=O)N2CCCC2C=O)C(C)(C)C)CC1. The molecule has 2 atom stereocenters. The molecule has 3 heterocycles. The number of hydrogen-bond acceptors (Lipinski definition) is 12. The van der Waals surface area contributed by atoms with Crippen LogP contribution in [0.4, 0.5) is 0 Å². The van der Waals surface area contributed by atoms with Crippen LogP contribution in [0.15, 0.2) is 30.1 Å². The molecule has 16 heteroatoms. The van der Waals surface area contributed by atoms with Gasteiger partial charge < -0.3 is 49.1 Å². The summed E-state index contributed by atoms with van der Waals surface area (Å²) >= 11 is 0. The molecule has 2 unspecified atom stereocenters. The van der Waals surface area contributed by atoms with E-state index in [0.29, 0.717) is 77.9 Å². The number of H-pyrrole nitrogens is 1. The molecule has 2 aliphatic heterocycles. The van der Waals surface area contributed by atoms with Gasteiger partial charge in [0.2, 0.25) is 17.7 Å². The van der Waals surface area contributed by atoms with E-state index in [1.54, 1.807) is 11.0 Å². The lowest BCUT2D eigenvalue weighted by Crippen LogP contribution is -2.56. The maximum Gasteiger partial charge on any atom is 0.246 e.